The molecule has 0 aromatic heterocycles. The van der Waals surface area contributed by atoms with Gasteiger partial charge in [-0.2, -0.15) is 0 Å². The average molecular weight is 380 g/mol. The Hall–Kier alpha value is -2.82. The van der Waals surface area contributed by atoms with Crippen molar-refractivity contribution in [2.24, 2.45) is 5.92 Å². The zero-order chi connectivity index (χ0) is 19.9. The third kappa shape index (κ3) is 4.91. The summed E-state index contributed by atoms with van der Waals surface area (Å²) in [6, 6.07) is 15.0. The second-order valence-electron chi connectivity index (χ2n) is 7.27. The van der Waals surface area contributed by atoms with Crippen molar-refractivity contribution in [1.29, 1.82) is 0 Å². The number of carbonyl (C=O) groups is 2. The molecule has 5 heteroatoms. The second kappa shape index (κ2) is 9.40. The molecule has 2 aromatic rings. The predicted molar refractivity (Wildman–Crippen MR) is 111 cm³/mol. The molecule has 1 N–H and O–H groups in total. The van der Waals surface area contributed by atoms with Crippen LogP contribution in [-0.2, 0) is 0 Å². The Balaban J connectivity index is 1.58. The molecule has 2 amide bonds. The summed E-state index contributed by atoms with van der Waals surface area (Å²) in [5, 5.41) is 2.97. The first kappa shape index (κ1) is 19.9. The number of likely N-dealkylation sites (tertiary alicyclic amines) is 1. The zero-order valence-electron chi connectivity index (χ0n) is 16.6. The number of Topliss-reactive ketones (excluding diaryl/α,β-unsaturated/α-hetero) is 1. The predicted octanol–water partition coefficient (Wildman–Crippen LogP) is 4.91. The highest BCUT2D eigenvalue weighted by molar-refractivity contribution is 5.98. The largest absolute Gasteiger partial charge is 0.491 e. The summed E-state index contributed by atoms with van der Waals surface area (Å²) in [6.45, 7) is 5.81. The fraction of sp³-hybridized carbons (Fsp3) is 0.391. The first-order chi connectivity index (χ1) is 13.6. The smallest absolute Gasteiger partial charge is 0.321 e. The maximum atomic E-state index is 12.7. The molecule has 0 spiro atoms. The monoisotopic (exact) mass is 380 g/mol. The van der Waals surface area contributed by atoms with Gasteiger partial charge in [-0.3, -0.25) is 4.79 Å². The SMILES string of the molecule is CCCOc1cc(C)ccc1NC(=O)N1CCC(C(=O)c2ccccc2)CC1. The van der Waals surface area contributed by atoms with E-state index < -0.39 is 0 Å². The summed E-state index contributed by atoms with van der Waals surface area (Å²) < 4.78 is 5.77. The van der Waals surface area contributed by atoms with Crippen molar-refractivity contribution in [2.45, 2.75) is 33.1 Å². The second-order valence-corrected chi connectivity index (χ2v) is 7.27. The summed E-state index contributed by atoms with van der Waals surface area (Å²) in [6.07, 6.45) is 2.28. The van der Waals surface area contributed by atoms with Crippen LogP contribution in [0.4, 0.5) is 10.5 Å². The molecule has 5 nitrogen and oxygen atoms in total. The summed E-state index contributed by atoms with van der Waals surface area (Å²) in [7, 11) is 0. The van der Waals surface area contributed by atoms with E-state index >= 15 is 0 Å². The van der Waals surface area contributed by atoms with Gasteiger partial charge in [0.05, 0.1) is 12.3 Å². The molecule has 1 heterocycles. The Morgan fingerprint density at radius 2 is 1.82 bits per heavy atom. The van der Waals surface area contributed by atoms with Crippen LogP contribution < -0.4 is 10.1 Å². The number of rotatable bonds is 6. The van der Waals surface area contributed by atoms with E-state index in [4.69, 9.17) is 4.74 Å². The van der Waals surface area contributed by atoms with E-state index in [9.17, 15) is 9.59 Å². The van der Waals surface area contributed by atoms with Crippen molar-refractivity contribution in [2.75, 3.05) is 25.0 Å². The number of piperidine rings is 1. The van der Waals surface area contributed by atoms with Gasteiger partial charge in [-0.05, 0) is 43.9 Å². The number of urea groups is 1. The minimum absolute atomic E-state index is 0.0192. The van der Waals surface area contributed by atoms with Crippen molar-refractivity contribution in [1.82, 2.24) is 4.90 Å². The van der Waals surface area contributed by atoms with Crippen molar-refractivity contribution in [3.63, 3.8) is 0 Å². The van der Waals surface area contributed by atoms with Gasteiger partial charge in [-0.1, -0.05) is 43.3 Å². The lowest BCUT2D eigenvalue weighted by Gasteiger charge is -2.31. The Bertz CT molecular complexity index is 812. The first-order valence-corrected chi connectivity index (χ1v) is 9.97. The van der Waals surface area contributed by atoms with Gasteiger partial charge in [-0.15, -0.1) is 0 Å². The highest BCUT2D eigenvalue weighted by atomic mass is 16.5. The molecule has 1 saturated heterocycles. The van der Waals surface area contributed by atoms with Crippen molar-refractivity contribution >= 4 is 17.5 Å². The van der Waals surface area contributed by atoms with Crippen LogP contribution in [0.3, 0.4) is 0 Å². The first-order valence-electron chi connectivity index (χ1n) is 9.97. The number of hydrogen-bond acceptors (Lipinski definition) is 3. The van der Waals surface area contributed by atoms with E-state index in [0.717, 1.165) is 17.5 Å². The highest BCUT2D eigenvalue weighted by Gasteiger charge is 2.28. The van der Waals surface area contributed by atoms with Gasteiger partial charge in [0.1, 0.15) is 5.75 Å². The van der Waals surface area contributed by atoms with Gasteiger partial charge < -0.3 is 15.0 Å². The van der Waals surface area contributed by atoms with Gasteiger partial charge in [0.2, 0.25) is 0 Å². The van der Waals surface area contributed by atoms with Crippen molar-refractivity contribution < 1.29 is 14.3 Å². The molecule has 28 heavy (non-hydrogen) atoms. The molecule has 1 fully saturated rings. The Morgan fingerprint density at radius 1 is 1.11 bits per heavy atom. The van der Waals surface area contributed by atoms with Crippen molar-refractivity contribution in [3.05, 3.63) is 59.7 Å². The van der Waals surface area contributed by atoms with Gasteiger partial charge in [0.25, 0.3) is 0 Å². The zero-order valence-corrected chi connectivity index (χ0v) is 16.6. The Morgan fingerprint density at radius 3 is 2.50 bits per heavy atom. The molecular weight excluding hydrogens is 352 g/mol. The molecule has 148 valence electrons. The number of nitrogens with zero attached hydrogens (tertiary/aromatic N) is 1. The summed E-state index contributed by atoms with van der Waals surface area (Å²) in [5.74, 6) is 0.855. The topological polar surface area (TPSA) is 58.6 Å². The van der Waals surface area contributed by atoms with E-state index in [0.29, 0.717) is 44.0 Å². The Labute approximate surface area is 166 Å². The minimum Gasteiger partial charge on any atom is -0.491 e. The van der Waals surface area contributed by atoms with Crippen LogP contribution in [0.5, 0.6) is 5.75 Å². The van der Waals surface area contributed by atoms with Crippen LogP contribution in [0.25, 0.3) is 0 Å². The normalized spacial score (nSPS) is 14.6. The van der Waals surface area contributed by atoms with Gasteiger partial charge in [0, 0.05) is 24.6 Å². The molecular formula is C23H28N2O3. The van der Waals surface area contributed by atoms with E-state index in [2.05, 4.69) is 12.2 Å². The fourth-order valence-corrected chi connectivity index (χ4v) is 3.44. The maximum Gasteiger partial charge on any atom is 0.321 e. The van der Waals surface area contributed by atoms with Gasteiger partial charge in [-0.25, -0.2) is 4.79 Å². The minimum atomic E-state index is -0.143. The molecule has 0 bridgehead atoms. The van der Waals surface area contributed by atoms with Crippen LogP contribution in [-0.4, -0.2) is 36.4 Å². The number of hydrogen-bond donors (Lipinski definition) is 1. The van der Waals surface area contributed by atoms with Gasteiger partial charge in [0.15, 0.2) is 5.78 Å². The molecule has 0 unspecified atom stereocenters. The Kier molecular flexibility index (Phi) is 6.69. The number of aryl methyl sites for hydroxylation is 1. The van der Waals surface area contributed by atoms with Crippen LogP contribution in [0.15, 0.2) is 48.5 Å². The van der Waals surface area contributed by atoms with E-state index in [-0.39, 0.29) is 17.7 Å². The molecule has 0 aliphatic carbocycles. The van der Waals surface area contributed by atoms with E-state index in [1.165, 1.54) is 0 Å². The number of nitrogens with one attached hydrogen (secondary N) is 1. The number of carbonyl (C=O) groups excluding carboxylic acids is 2. The quantitative estimate of drug-likeness (QED) is 0.724. The van der Waals surface area contributed by atoms with Gasteiger partial charge >= 0.3 is 6.03 Å². The molecule has 0 atom stereocenters. The molecule has 2 aromatic carbocycles. The number of anilines is 1. The number of ether oxygens (including phenoxy) is 1. The van der Waals surface area contributed by atoms with Crippen LogP contribution in [0.2, 0.25) is 0 Å². The van der Waals surface area contributed by atoms with Crippen LogP contribution >= 0.6 is 0 Å². The lowest BCUT2D eigenvalue weighted by molar-refractivity contribution is 0.0859. The molecule has 1 aliphatic rings. The summed E-state index contributed by atoms with van der Waals surface area (Å²) >= 11 is 0. The number of ketones is 1. The standard InChI is InChI=1S/C23H28N2O3/c1-3-15-28-21-16-17(2)9-10-20(21)24-23(27)25-13-11-19(12-14-25)22(26)18-7-5-4-6-8-18/h4-10,16,19H,3,11-15H2,1-2H3,(H,24,27). The van der Waals surface area contributed by atoms with Crippen molar-refractivity contribution in [3.8, 4) is 5.75 Å². The molecule has 0 radical (unpaired) electrons. The van der Waals surface area contributed by atoms with Crippen LogP contribution in [0.1, 0.15) is 42.1 Å². The van der Waals surface area contributed by atoms with E-state index in [1.54, 1.807) is 4.90 Å². The number of amides is 2. The van der Waals surface area contributed by atoms with E-state index in [1.807, 2.05) is 55.5 Å². The number of benzene rings is 2. The average Bonchev–Trinajstić information content (AvgIpc) is 2.74. The fourth-order valence-electron chi connectivity index (χ4n) is 3.44. The highest BCUT2D eigenvalue weighted by Crippen LogP contribution is 2.27. The molecule has 0 saturated carbocycles. The third-order valence-corrected chi connectivity index (χ3v) is 5.05. The maximum absolute atomic E-state index is 12.7. The summed E-state index contributed by atoms with van der Waals surface area (Å²) in [5.41, 5.74) is 2.53. The molecule has 3 rings (SSSR count). The lowest BCUT2D eigenvalue weighted by Crippen LogP contribution is -2.42. The summed E-state index contributed by atoms with van der Waals surface area (Å²) in [4.78, 5) is 27.1. The lowest BCUT2D eigenvalue weighted by atomic mass is 9.89. The third-order valence-electron chi connectivity index (χ3n) is 5.05. The molecule has 1 aliphatic heterocycles. The van der Waals surface area contributed by atoms with Crippen LogP contribution in [0, 0.1) is 12.8 Å².